The summed E-state index contributed by atoms with van der Waals surface area (Å²) in [4.78, 5) is 31.3. The van der Waals surface area contributed by atoms with E-state index in [1.54, 1.807) is 24.3 Å². The fraction of sp³-hybridized carbons (Fsp3) is 0.130. The average molecular weight is 451 g/mol. The number of nitrogens with zero attached hydrogens (tertiary/aromatic N) is 4. The first kappa shape index (κ1) is 21.8. The van der Waals surface area contributed by atoms with Crippen LogP contribution in [0.1, 0.15) is 34.5 Å². The highest BCUT2D eigenvalue weighted by Gasteiger charge is 2.38. The SMILES string of the molecule is CC1=C(C(=O)n2ccnc2)[C@@H](c2ccc(C#N)cc2)NC(=O)N1c1cccc(C(F)(F)F)c1. The molecule has 1 N–H and O–H groups in total. The maximum Gasteiger partial charge on any atom is 0.416 e. The predicted octanol–water partition coefficient (Wildman–Crippen LogP) is 4.66. The van der Waals surface area contributed by atoms with Gasteiger partial charge in [0.1, 0.15) is 6.33 Å². The molecule has 0 spiro atoms. The Labute approximate surface area is 186 Å². The number of alkyl halides is 3. The Morgan fingerprint density at radius 2 is 1.91 bits per heavy atom. The van der Waals surface area contributed by atoms with E-state index in [1.807, 2.05) is 6.07 Å². The van der Waals surface area contributed by atoms with Crippen LogP contribution in [0.15, 0.2) is 78.5 Å². The molecule has 4 rings (SSSR count). The van der Waals surface area contributed by atoms with Crippen LogP contribution >= 0.6 is 0 Å². The van der Waals surface area contributed by atoms with E-state index in [0.717, 1.165) is 17.0 Å². The van der Waals surface area contributed by atoms with Gasteiger partial charge in [-0.05, 0) is 42.8 Å². The second-order valence-electron chi connectivity index (χ2n) is 7.27. The number of halogens is 3. The normalized spacial score (nSPS) is 16.4. The molecule has 33 heavy (non-hydrogen) atoms. The van der Waals surface area contributed by atoms with Crippen LogP contribution in [0.3, 0.4) is 0 Å². The van der Waals surface area contributed by atoms with Gasteiger partial charge in [0.05, 0.1) is 34.5 Å². The van der Waals surface area contributed by atoms with Gasteiger partial charge < -0.3 is 5.32 Å². The van der Waals surface area contributed by atoms with Gasteiger partial charge in [-0.2, -0.15) is 18.4 Å². The van der Waals surface area contributed by atoms with Gasteiger partial charge in [-0.3, -0.25) is 14.3 Å². The fourth-order valence-corrected chi connectivity index (χ4v) is 3.67. The number of carbonyl (C=O) groups excluding carboxylic acids is 2. The van der Waals surface area contributed by atoms with E-state index in [0.29, 0.717) is 11.1 Å². The van der Waals surface area contributed by atoms with Crippen molar-refractivity contribution in [2.75, 3.05) is 4.90 Å². The number of amides is 2. The average Bonchev–Trinajstić information content (AvgIpc) is 3.33. The third-order valence-electron chi connectivity index (χ3n) is 5.26. The highest BCUT2D eigenvalue weighted by atomic mass is 19.4. The molecule has 1 atom stereocenters. The van der Waals surface area contributed by atoms with Crippen LogP contribution in [0.5, 0.6) is 0 Å². The maximum absolute atomic E-state index is 13.3. The van der Waals surface area contributed by atoms with E-state index in [9.17, 15) is 22.8 Å². The molecule has 0 saturated carbocycles. The number of rotatable bonds is 3. The number of hydrogen-bond donors (Lipinski definition) is 1. The van der Waals surface area contributed by atoms with E-state index < -0.39 is 29.7 Å². The standard InChI is InChI=1S/C23H16F3N5O2/c1-14-19(21(32)30-10-9-28-13-30)20(16-7-5-15(12-27)6-8-16)29-22(33)31(14)18-4-2-3-17(11-18)23(24,25)26/h2-11,13,20H,1H3,(H,29,33)/t20-/m1/s1. The number of aromatic nitrogens is 2. The number of hydrogen-bond acceptors (Lipinski definition) is 4. The first-order valence-corrected chi connectivity index (χ1v) is 9.72. The zero-order valence-electron chi connectivity index (χ0n) is 17.2. The zero-order valence-corrected chi connectivity index (χ0v) is 17.2. The predicted molar refractivity (Wildman–Crippen MR) is 112 cm³/mol. The number of imidazole rings is 1. The lowest BCUT2D eigenvalue weighted by molar-refractivity contribution is -0.137. The van der Waals surface area contributed by atoms with E-state index in [4.69, 9.17) is 5.26 Å². The van der Waals surface area contributed by atoms with Gasteiger partial charge in [-0.25, -0.2) is 9.78 Å². The number of allylic oxidation sites excluding steroid dienone is 1. The molecule has 0 fully saturated rings. The molecule has 1 aliphatic heterocycles. The molecule has 2 aromatic carbocycles. The highest BCUT2D eigenvalue weighted by molar-refractivity contribution is 6.05. The molecule has 0 saturated heterocycles. The van der Waals surface area contributed by atoms with E-state index >= 15 is 0 Å². The first-order chi connectivity index (χ1) is 15.7. The molecule has 1 aliphatic rings. The minimum absolute atomic E-state index is 0.0333. The van der Waals surface area contributed by atoms with Gasteiger partial charge in [0.15, 0.2) is 0 Å². The molecule has 0 bridgehead atoms. The number of nitrogens with one attached hydrogen (secondary N) is 1. The summed E-state index contributed by atoms with van der Waals surface area (Å²) < 4.78 is 41.0. The molecule has 2 amide bonds. The van der Waals surface area contributed by atoms with E-state index in [2.05, 4.69) is 10.3 Å². The number of benzene rings is 2. The minimum atomic E-state index is -4.60. The van der Waals surface area contributed by atoms with Gasteiger partial charge in [0.25, 0.3) is 5.91 Å². The highest BCUT2D eigenvalue weighted by Crippen LogP contribution is 2.37. The van der Waals surface area contributed by atoms with Crippen LogP contribution in [-0.4, -0.2) is 21.5 Å². The van der Waals surface area contributed by atoms with Crippen molar-refractivity contribution in [1.29, 1.82) is 5.26 Å². The summed E-state index contributed by atoms with van der Waals surface area (Å²) in [6.45, 7) is 1.50. The lowest BCUT2D eigenvalue weighted by Gasteiger charge is -2.36. The smallest absolute Gasteiger partial charge is 0.326 e. The summed E-state index contributed by atoms with van der Waals surface area (Å²) >= 11 is 0. The number of urea groups is 1. The van der Waals surface area contributed by atoms with Gasteiger partial charge in [0.2, 0.25) is 0 Å². The summed E-state index contributed by atoms with van der Waals surface area (Å²) in [7, 11) is 0. The van der Waals surface area contributed by atoms with Crippen molar-refractivity contribution >= 4 is 17.6 Å². The molecule has 7 nitrogen and oxygen atoms in total. The van der Waals surface area contributed by atoms with Gasteiger partial charge in [0, 0.05) is 18.1 Å². The fourth-order valence-electron chi connectivity index (χ4n) is 3.67. The van der Waals surface area contributed by atoms with Crippen LogP contribution in [0, 0.1) is 11.3 Å². The lowest BCUT2D eigenvalue weighted by Crippen LogP contribution is -2.48. The number of carbonyl (C=O) groups is 2. The van der Waals surface area contributed by atoms with Gasteiger partial charge in [-0.15, -0.1) is 0 Å². The van der Waals surface area contributed by atoms with Crippen LogP contribution in [0.2, 0.25) is 0 Å². The maximum atomic E-state index is 13.3. The van der Waals surface area contributed by atoms with Crippen molar-refractivity contribution < 1.29 is 22.8 Å². The number of nitriles is 1. The van der Waals surface area contributed by atoms with Gasteiger partial charge >= 0.3 is 12.2 Å². The van der Waals surface area contributed by atoms with Crippen molar-refractivity contribution in [1.82, 2.24) is 14.9 Å². The van der Waals surface area contributed by atoms with Crippen LogP contribution < -0.4 is 10.2 Å². The minimum Gasteiger partial charge on any atom is -0.326 e. The van der Waals surface area contributed by atoms with E-state index in [1.165, 1.54) is 42.3 Å². The largest absolute Gasteiger partial charge is 0.416 e. The molecule has 0 radical (unpaired) electrons. The third kappa shape index (κ3) is 4.08. The molecular formula is C23H16F3N5O2. The van der Waals surface area contributed by atoms with Crippen molar-refractivity contribution in [2.45, 2.75) is 19.1 Å². The van der Waals surface area contributed by atoms with Crippen LogP contribution in [0.4, 0.5) is 23.7 Å². The monoisotopic (exact) mass is 451 g/mol. The zero-order chi connectivity index (χ0) is 23.8. The Balaban J connectivity index is 1.87. The Morgan fingerprint density at radius 3 is 2.52 bits per heavy atom. The van der Waals surface area contributed by atoms with Crippen LogP contribution in [-0.2, 0) is 6.18 Å². The summed E-state index contributed by atoms with van der Waals surface area (Å²) in [5.41, 5.74) is 0.302. The second kappa shape index (κ2) is 8.27. The topological polar surface area (TPSA) is 91.0 Å². The summed E-state index contributed by atoms with van der Waals surface area (Å²) in [5.74, 6) is -0.503. The summed E-state index contributed by atoms with van der Waals surface area (Å²) in [6.07, 6.45) is -0.455. The lowest BCUT2D eigenvalue weighted by atomic mass is 9.93. The molecule has 2 heterocycles. The van der Waals surface area contributed by atoms with Crippen molar-refractivity contribution in [3.8, 4) is 6.07 Å². The third-order valence-corrected chi connectivity index (χ3v) is 5.26. The molecule has 166 valence electrons. The number of anilines is 1. The second-order valence-corrected chi connectivity index (χ2v) is 7.27. The van der Waals surface area contributed by atoms with Gasteiger partial charge in [-0.1, -0.05) is 18.2 Å². The summed E-state index contributed by atoms with van der Waals surface area (Å²) in [6, 6.07) is 11.1. The van der Waals surface area contributed by atoms with Crippen molar-refractivity contribution in [2.24, 2.45) is 0 Å². The quantitative estimate of drug-likeness (QED) is 0.627. The molecule has 0 aliphatic carbocycles. The van der Waals surface area contributed by atoms with E-state index in [-0.39, 0.29) is 17.0 Å². The molecule has 10 heteroatoms. The Kier molecular flexibility index (Phi) is 5.47. The van der Waals surface area contributed by atoms with Crippen LogP contribution in [0.25, 0.3) is 0 Å². The molecule has 3 aromatic rings. The Bertz CT molecular complexity index is 1290. The Hall–Kier alpha value is -4.39. The summed E-state index contributed by atoms with van der Waals surface area (Å²) in [5, 5.41) is 11.8. The Morgan fingerprint density at radius 1 is 1.18 bits per heavy atom. The van der Waals surface area contributed by atoms with Crippen molar-refractivity contribution in [3.05, 3.63) is 95.2 Å². The molecular weight excluding hydrogens is 435 g/mol. The molecule has 0 unspecified atom stereocenters. The molecule has 1 aromatic heterocycles. The van der Waals surface area contributed by atoms with Crippen molar-refractivity contribution in [3.63, 3.8) is 0 Å². The first-order valence-electron chi connectivity index (χ1n) is 9.72.